The molecule has 116 valence electrons. The Hall–Kier alpha value is -2.03. The van der Waals surface area contributed by atoms with Crippen molar-refractivity contribution in [3.8, 4) is 5.75 Å². The van der Waals surface area contributed by atoms with Gasteiger partial charge < -0.3 is 4.74 Å². The normalized spacial score (nSPS) is 11.3. The molecule has 0 amide bonds. The molecule has 0 heterocycles. The zero-order valence-corrected chi connectivity index (χ0v) is 14.1. The third kappa shape index (κ3) is 3.66. The van der Waals surface area contributed by atoms with Gasteiger partial charge in [-0.2, -0.15) is 0 Å². The molecule has 3 aromatic carbocycles. The van der Waals surface area contributed by atoms with Crippen molar-refractivity contribution >= 4 is 45.9 Å². The zero-order valence-electron chi connectivity index (χ0n) is 12.6. The van der Waals surface area contributed by atoms with Crippen molar-refractivity contribution in [3.63, 3.8) is 0 Å². The maximum Gasteiger partial charge on any atom is 0.128 e. The van der Waals surface area contributed by atoms with E-state index in [1.54, 1.807) is 24.4 Å². The van der Waals surface area contributed by atoms with Crippen molar-refractivity contribution in [1.82, 2.24) is 0 Å². The first-order valence-corrected chi connectivity index (χ1v) is 8.07. The fraction of sp³-hybridized carbons (Fsp3) is 0.105. The summed E-state index contributed by atoms with van der Waals surface area (Å²) in [6.07, 6.45) is 1.80. The molecule has 0 fully saturated rings. The van der Waals surface area contributed by atoms with Crippen LogP contribution in [0.2, 0.25) is 10.0 Å². The number of hydrogen-bond donors (Lipinski definition) is 0. The van der Waals surface area contributed by atoms with E-state index in [4.69, 9.17) is 27.9 Å². The average molecular weight is 344 g/mol. The number of fused-ring (bicyclic) bond motifs is 1. The second-order valence-corrected chi connectivity index (χ2v) is 5.89. The molecule has 0 aliphatic carbocycles. The molecule has 0 aromatic heterocycles. The van der Waals surface area contributed by atoms with Gasteiger partial charge in [-0.3, -0.25) is 4.99 Å². The molecular weight excluding hydrogens is 329 g/mol. The van der Waals surface area contributed by atoms with E-state index in [0.717, 1.165) is 22.1 Å². The van der Waals surface area contributed by atoms with Gasteiger partial charge in [0.05, 0.1) is 12.3 Å². The van der Waals surface area contributed by atoms with Gasteiger partial charge in [0.25, 0.3) is 0 Å². The molecule has 0 atom stereocenters. The minimum absolute atomic E-state index is 0.563. The van der Waals surface area contributed by atoms with Gasteiger partial charge in [0.15, 0.2) is 0 Å². The summed E-state index contributed by atoms with van der Waals surface area (Å²) < 4.78 is 5.74. The van der Waals surface area contributed by atoms with Gasteiger partial charge in [-0.25, -0.2) is 0 Å². The van der Waals surface area contributed by atoms with E-state index in [-0.39, 0.29) is 0 Å². The summed E-state index contributed by atoms with van der Waals surface area (Å²) in [5.74, 6) is 0.808. The van der Waals surface area contributed by atoms with E-state index in [9.17, 15) is 0 Å². The maximum atomic E-state index is 6.02. The van der Waals surface area contributed by atoms with Crippen LogP contribution in [0.3, 0.4) is 0 Å². The molecule has 0 N–H and O–H groups in total. The van der Waals surface area contributed by atoms with E-state index < -0.39 is 0 Å². The quantitative estimate of drug-likeness (QED) is 0.509. The van der Waals surface area contributed by atoms with Gasteiger partial charge in [-0.05, 0) is 42.0 Å². The molecular formula is C19H15Cl2NO. The third-order valence-corrected chi connectivity index (χ3v) is 3.86. The smallest absolute Gasteiger partial charge is 0.128 e. The molecule has 0 aliphatic rings. The molecule has 0 saturated carbocycles. The standard InChI is InChI=1S/C19H15Cl2NO/c1-2-23-19-8-7-13-5-3-4-6-17(13)18(19)12-22-16-10-14(20)9-15(21)11-16/h3-12H,2H2,1H3/b22-12+. The molecule has 0 bridgehead atoms. The van der Waals surface area contributed by atoms with E-state index in [1.807, 2.05) is 31.2 Å². The summed E-state index contributed by atoms with van der Waals surface area (Å²) in [5.41, 5.74) is 1.65. The van der Waals surface area contributed by atoms with E-state index in [1.165, 1.54) is 0 Å². The highest BCUT2D eigenvalue weighted by Crippen LogP contribution is 2.29. The number of hydrogen-bond acceptors (Lipinski definition) is 2. The van der Waals surface area contributed by atoms with Crippen LogP contribution in [0.15, 0.2) is 59.6 Å². The Bertz CT molecular complexity index is 854. The van der Waals surface area contributed by atoms with Crippen molar-refractivity contribution in [3.05, 3.63) is 70.2 Å². The molecule has 0 radical (unpaired) electrons. The van der Waals surface area contributed by atoms with Crippen LogP contribution in [-0.4, -0.2) is 12.8 Å². The predicted octanol–water partition coefficient (Wildman–Crippen LogP) is 6.30. The lowest BCUT2D eigenvalue weighted by atomic mass is 10.0. The molecule has 23 heavy (non-hydrogen) atoms. The van der Waals surface area contributed by atoms with Gasteiger partial charge in [0, 0.05) is 21.8 Å². The first kappa shape index (κ1) is 15.9. The van der Waals surface area contributed by atoms with Crippen LogP contribution in [-0.2, 0) is 0 Å². The molecule has 0 aliphatic heterocycles. The van der Waals surface area contributed by atoms with Crippen LogP contribution in [0.4, 0.5) is 5.69 Å². The van der Waals surface area contributed by atoms with Crippen molar-refractivity contribution in [2.45, 2.75) is 6.92 Å². The largest absolute Gasteiger partial charge is 0.493 e. The zero-order chi connectivity index (χ0) is 16.2. The van der Waals surface area contributed by atoms with Crippen LogP contribution in [0.25, 0.3) is 10.8 Å². The number of aliphatic imine (C=N–C) groups is 1. The van der Waals surface area contributed by atoms with Crippen molar-refractivity contribution in [2.75, 3.05) is 6.61 Å². The number of benzene rings is 3. The highest BCUT2D eigenvalue weighted by Gasteiger charge is 2.06. The number of ether oxygens (including phenoxy) is 1. The van der Waals surface area contributed by atoms with Crippen LogP contribution < -0.4 is 4.74 Å². The van der Waals surface area contributed by atoms with Crippen LogP contribution >= 0.6 is 23.2 Å². The Morgan fingerprint density at radius 2 is 1.74 bits per heavy atom. The van der Waals surface area contributed by atoms with Crippen LogP contribution in [0, 0.1) is 0 Å². The average Bonchev–Trinajstić information content (AvgIpc) is 2.53. The minimum atomic E-state index is 0.563. The van der Waals surface area contributed by atoms with Crippen LogP contribution in [0.5, 0.6) is 5.75 Å². The summed E-state index contributed by atoms with van der Waals surface area (Å²) in [4.78, 5) is 4.52. The first-order chi connectivity index (χ1) is 11.2. The fourth-order valence-electron chi connectivity index (χ4n) is 2.44. The second-order valence-electron chi connectivity index (χ2n) is 5.02. The Labute approximate surface area is 145 Å². The lowest BCUT2D eigenvalue weighted by molar-refractivity contribution is 0.340. The van der Waals surface area contributed by atoms with Gasteiger partial charge >= 0.3 is 0 Å². The monoisotopic (exact) mass is 343 g/mol. The molecule has 3 rings (SSSR count). The molecule has 0 saturated heterocycles. The Balaban J connectivity index is 2.09. The Kier molecular flexibility index (Phi) is 4.85. The van der Waals surface area contributed by atoms with E-state index in [0.29, 0.717) is 22.3 Å². The maximum absolute atomic E-state index is 6.02. The SMILES string of the molecule is CCOc1ccc2ccccc2c1/C=N/c1cc(Cl)cc(Cl)c1. The number of rotatable bonds is 4. The van der Waals surface area contributed by atoms with Gasteiger partial charge in [0.2, 0.25) is 0 Å². The summed E-state index contributed by atoms with van der Waals surface area (Å²) >= 11 is 12.0. The number of nitrogens with zero attached hydrogens (tertiary/aromatic N) is 1. The summed E-state index contributed by atoms with van der Waals surface area (Å²) in [5, 5.41) is 3.36. The van der Waals surface area contributed by atoms with Gasteiger partial charge in [-0.1, -0.05) is 53.5 Å². The number of halogens is 2. The summed E-state index contributed by atoms with van der Waals surface area (Å²) in [7, 11) is 0. The highest BCUT2D eigenvalue weighted by molar-refractivity contribution is 6.35. The summed E-state index contributed by atoms with van der Waals surface area (Å²) in [6, 6.07) is 17.4. The second kappa shape index (κ2) is 7.03. The Morgan fingerprint density at radius 1 is 1.00 bits per heavy atom. The molecule has 2 nitrogen and oxygen atoms in total. The van der Waals surface area contributed by atoms with E-state index in [2.05, 4.69) is 17.1 Å². The molecule has 0 unspecified atom stereocenters. The van der Waals surface area contributed by atoms with Crippen molar-refractivity contribution < 1.29 is 4.74 Å². The molecule has 3 aromatic rings. The lowest BCUT2D eigenvalue weighted by Crippen LogP contribution is -1.97. The van der Waals surface area contributed by atoms with E-state index >= 15 is 0 Å². The fourth-order valence-corrected chi connectivity index (χ4v) is 2.96. The topological polar surface area (TPSA) is 21.6 Å². The van der Waals surface area contributed by atoms with Crippen LogP contribution in [0.1, 0.15) is 12.5 Å². The van der Waals surface area contributed by atoms with Crippen molar-refractivity contribution in [1.29, 1.82) is 0 Å². The molecule has 4 heteroatoms. The highest BCUT2D eigenvalue weighted by atomic mass is 35.5. The predicted molar refractivity (Wildman–Crippen MR) is 98.8 cm³/mol. The lowest BCUT2D eigenvalue weighted by Gasteiger charge is -2.10. The first-order valence-electron chi connectivity index (χ1n) is 7.32. The van der Waals surface area contributed by atoms with Crippen molar-refractivity contribution in [2.24, 2.45) is 4.99 Å². The Morgan fingerprint density at radius 3 is 2.48 bits per heavy atom. The molecule has 0 spiro atoms. The third-order valence-electron chi connectivity index (χ3n) is 3.42. The summed E-state index contributed by atoms with van der Waals surface area (Å²) in [6.45, 7) is 2.56. The minimum Gasteiger partial charge on any atom is -0.493 e. The van der Waals surface area contributed by atoms with Gasteiger partial charge in [-0.15, -0.1) is 0 Å². The van der Waals surface area contributed by atoms with Gasteiger partial charge in [0.1, 0.15) is 5.75 Å².